The lowest BCUT2D eigenvalue weighted by molar-refractivity contribution is 0.479. The molecule has 2 atom stereocenters. The van der Waals surface area contributed by atoms with E-state index >= 15 is 0 Å². The molecule has 1 heteroatoms. The second-order valence-corrected chi connectivity index (χ2v) is 4.50. The molecular weight excluding hydrogens is 158 g/mol. The summed E-state index contributed by atoms with van der Waals surface area (Å²) in [6, 6.07) is 9.34. The standard InChI is InChI=1S/C12H15N/c13-12-7-11(12)10-5-8-3-1-2-4-9(8)6-10/h1-4,10-12H,5-7,13H2. The molecule has 2 unspecified atom stereocenters. The molecule has 13 heavy (non-hydrogen) atoms. The van der Waals surface area contributed by atoms with Crippen molar-refractivity contribution in [2.75, 3.05) is 0 Å². The zero-order valence-corrected chi connectivity index (χ0v) is 7.74. The maximum atomic E-state index is 5.88. The molecule has 3 rings (SSSR count). The van der Waals surface area contributed by atoms with E-state index in [1.165, 1.54) is 19.3 Å². The Morgan fingerprint density at radius 2 is 1.62 bits per heavy atom. The summed E-state index contributed by atoms with van der Waals surface area (Å²) < 4.78 is 0. The van der Waals surface area contributed by atoms with Crippen LogP contribution >= 0.6 is 0 Å². The van der Waals surface area contributed by atoms with Crippen LogP contribution in [0.25, 0.3) is 0 Å². The van der Waals surface area contributed by atoms with Gasteiger partial charge in [-0.15, -0.1) is 0 Å². The fraction of sp³-hybridized carbons (Fsp3) is 0.500. The third-order valence-electron chi connectivity index (χ3n) is 3.58. The first-order valence-corrected chi connectivity index (χ1v) is 5.17. The van der Waals surface area contributed by atoms with Crippen LogP contribution in [0.3, 0.4) is 0 Å². The number of benzene rings is 1. The van der Waals surface area contributed by atoms with E-state index in [0.717, 1.165) is 11.8 Å². The molecule has 0 bridgehead atoms. The highest BCUT2D eigenvalue weighted by atomic mass is 14.8. The molecule has 1 aromatic carbocycles. The van der Waals surface area contributed by atoms with E-state index in [0.29, 0.717) is 6.04 Å². The Morgan fingerprint density at radius 1 is 1.08 bits per heavy atom. The van der Waals surface area contributed by atoms with Crippen molar-refractivity contribution >= 4 is 0 Å². The van der Waals surface area contributed by atoms with Crippen molar-refractivity contribution in [3.63, 3.8) is 0 Å². The third kappa shape index (κ3) is 1.19. The summed E-state index contributed by atoms with van der Waals surface area (Å²) in [6.07, 6.45) is 3.81. The first-order valence-electron chi connectivity index (χ1n) is 5.17. The summed E-state index contributed by atoms with van der Waals surface area (Å²) in [7, 11) is 0. The normalized spacial score (nSPS) is 31.8. The van der Waals surface area contributed by atoms with Crippen LogP contribution in [0, 0.1) is 11.8 Å². The van der Waals surface area contributed by atoms with Crippen LogP contribution in [0.4, 0.5) is 0 Å². The molecule has 2 aliphatic carbocycles. The Labute approximate surface area is 78.9 Å². The first-order chi connectivity index (χ1) is 6.34. The summed E-state index contributed by atoms with van der Waals surface area (Å²) in [5, 5.41) is 0. The summed E-state index contributed by atoms with van der Waals surface area (Å²) in [6.45, 7) is 0. The largest absolute Gasteiger partial charge is 0.327 e. The van der Waals surface area contributed by atoms with Gasteiger partial charge in [-0.1, -0.05) is 24.3 Å². The number of rotatable bonds is 1. The van der Waals surface area contributed by atoms with Gasteiger partial charge in [0.15, 0.2) is 0 Å². The van der Waals surface area contributed by atoms with E-state index in [1.54, 1.807) is 11.1 Å². The van der Waals surface area contributed by atoms with E-state index in [9.17, 15) is 0 Å². The Morgan fingerprint density at radius 3 is 2.08 bits per heavy atom. The molecule has 0 spiro atoms. The highest BCUT2D eigenvalue weighted by Crippen LogP contribution is 2.42. The maximum Gasteiger partial charge on any atom is 0.00739 e. The minimum atomic E-state index is 0.513. The summed E-state index contributed by atoms with van der Waals surface area (Å²) in [5.41, 5.74) is 9.00. The van der Waals surface area contributed by atoms with Crippen LogP contribution in [-0.4, -0.2) is 6.04 Å². The number of hydrogen-bond donors (Lipinski definition) is 1. The van der Waals surface area contributed by atoms with Gasteiger partial charge in [-0.05, 0) is 42.2 Å². The highest BCUT2D eigenvalue weighted by Gasteiger charge is 2.42. The zero-order chi connectivity index (χ0) is 8.84. The SMILES string of the molecule is NC1CC1C1Cc2ccccc2C1. The van der Waals surface area contributed by atoms with Gasteiger partial charge in [0.2, 0.25) is 0 Å². The van der Waals surface area contributed by atoms with E-state index in [-0.39, 0.29) is 0 Å². The molecular formula is C12H15N. The monoisotopic (exact) mass is 173 g/mol. The topological polar surface area (TPSA) is 26.0 Å². The van der Waals surface area contributed by atoms with Crippen molar-refractivity contribution in [2.24, 2.45) is 17.6 Å². The lowest BCUT2D eigenvalue weighted by Crippen LogP contribution is -2.10. The van der Waals surface area contributed by atoms with Gasteiger partial charge in [0.25, 0.3) is 0 Å². The second kappa shape index (κ2) is 2.58. The van der Waals surface area contributed by atoms with E-state index in [4.69, 9.17) is 5.73 Å². The maximum absolute atomic E-state index is 5.88. The van der Waals surface area contributed by atoms with E-state index in [2.05, 4.69) is 24.3 Å². The molecule has 0 aromatic heterocycles. The van der Waals surface area contributed by atoms with E-state index < -0.39 is 0 Å². The predicted octanol–water partition coefficient (Wildman–Crippen LogP) is 1.75. The number of nitrogens with two attached hydrogens (primary N) is 1. The van der Waals surface area contributed by atoms with Gasteiger partial charge in [0.1, 0.15) is 0 Å². The molecule has 2 aliphatic rings. The van der Waals surface area contributed by atoms with Crippen molar-refractivity contribution in [3.8, 4) is 0 Å². The smallest absolute Gasteiger partial charge is 0.00739 e. The summed E-state index contributed by atoms with van der Waals surface area (Å²) in [4.78, 5) is 0. The van der Waals surface area contributed by atoms with Gasteiger partial charge in [-0.2, -0.15) is 0 Å². The molecule has 1 saturated carbocycles. The first kappa shape index (κ1) is 7.57. The highest BCUT2D eigenvalue weighted by molar-refractivity contribution is 5.33. The molecule has 0 radical (unpaired) electrons. The predicted molar refractivity (Wildman–Crippen MR) is 53.4 cm³/mol. The fourth-order valence-electron chi connectivity index (χ4n) is 2.67. The fourth-order valence-corrected chi connectivity index (χ4v) is 2.67. The van der Waals surface area contributed by atoms with Crippen LogP contribution in [-0.2, 0) is 12.8 Å². The zero-order valence-electron chi connectivity index (χ0n) is 7.74. The van der Waals surface area contributed by atoms with Crippen molar-refractivity contribution < 1.29 is 0 Å². The van der Waals surface area contributed by atoms with Gasteiger partial charge >= 0.3 is 0 Å². The lowest BCUT2D eigenvalue weighted by atomic mass is 10.0. The molecule has 1 nitrogen and oxygen atoms in total. The van der Waals surface area contributed by atoms with E-state index in [1.807, 2.05) is 0 Å². The van der Waals surface area contributed by atoms with Crippen molar-refractivity contribution in [2.45, 2.75) is 25.3 Å². The Kier molecular flexibility index (Phi) is 1.50. The number of fused-ring (bicyclic) bond motifs is 1. The minimum Gasteiger partial charge on any atom is -0.327 e. The molecule has 2 N–H and O–H groups in total. The Hall–Kier alpha value is -0.820. The molecule has 1 fully saturated rings. The average molecular weight is 173 g/mol. The third-order valence-corrected chi connectivity index (χ3v) is 3.58. The molecule has 0 saturated heterocycles. The van der Waals surface area contributed by atoms with Crippen LogP contribution in [0.15, 0.2) is 24.3 Å². The molecule has 0 heterocycles. The van der Waals surface area contributed by atoms with Crippen molar-refractivity contribution in [3.05, 3.63) is 35.4 Å². The minimum absolute atomic E-state index is 0.513. The van der Waals surface area contributed by atoms with Gasteiger partial charge in [-0.3, -0.25) is 0 Å². The molecule has 1 aromatic rings. The Balaban J connectivity index is 1.82. The van der Waals surface area contributed by atoms with Crippen molar-refractivity contribution in [1.82, 2.24) is 0 Å². The molecule has 0 aliphatic heterocycles. The van der Waals surface area contributed by atoms with Crippen LogP contribution < -0.4 is 5.73 Å². The molecule has 0 amide bonds. The molecule has 68 valence electrons. The average Bonchev–Trinajstić information content (AvgIpc) is 2.74. The van der Waals surface area contributed by atoms with Gasteiger partial charge in [0.05, 0.1) is 0 Å². The lowest BCUT2D eigenvalue weighted by Gasteiger charge is -2.05. The van der Waals surface area contributed by atoms with Crippen LogP contribution in [0.5, 0.6) is 0 Å². The van der Waals surface area contributed by atoms with Crippen molar-refractivity contribution in [1.29, 1.82) is 0 Å². The second-order valence-electron chi connectivity index (χ2n) is 4.50. The van der Waals surface area contributed by atoms with Gasteiger partial charge < -0.3 is 5.73 Å². The summed E-state index contributed by atoms with van der Waals surface area (Å²) in [5.74, 6) is 1.68. The Bertz CT molecular complexity index is 307. The quantitative estimate of drug-likeness (QED) is 0.688. The number of hydrogen-bond acceptors (Lipinski definition) is 1. The summed E-state index contributed by atoms with van der Waals surface area (Å²) >= 11 is 0. The van der Waals surface area contributed by atoms with Crippen LogP contribution in [0.2, 0.25) is 0 Å². The van der Waals surface area contributed by atoms with Gasteiger partial charge in [-0.25, -0.2) is 0 Å². The van der Waals surface area contributed by atoms with Crippen LogP contribution in [0.1, 0.15) is 17.5 Å². The van der Waals surface area contributed by atoms with Gasteiger partial charge in [0, 0.05) is 6.04 Å².